The summed E-state index contributed by atoms with van der Waals surface area (Å²) >= 11 is 0. The Labute approximate surface area is 94.9 Å². The predicted molar refractivity (Wildman–Crippen MR) is 60.9 cm³/mol. The van der Waals surface area contributed by atoms with E-state index in [-0.39, 0.29) is 10.6 Å². The van der Waals surface area contributed by atoms with E-state index in [2.05, 4.69) is 0 Å². The molecule has 0 amide bonds. The van der Waals surface area contributed by atoms with Crippen molar-refractivity contribution >= 4 is 15.7 Å². The van der Waals surface area contributed by atoms with Crippen molar-refractivity contribution in [1.29, 1.82) is 0 Å². The first kappa shape index (κ1) is 12.9. The fourth-order valence-electron chi connectivity index (χ4n) is 1.36. The summed E-state index contributed by atoms with van der Waals surface area (Å²) in [5.74, 6) is -0.547. The van der Waals surface area contributed by atoms with Crippen molar-refractivity contribution in [1.82, 2.24) is 4.31 Å². The number of anilines is 1. The van der Waals surface area contributed by atoms with Crippen molar-refractivity contribution in [2.45, 2.75) is 18.2 Å². The van der Waals surface area contributed by atoms with Gasteiger partial charge in [0.15, 0.2) is 0 Å². The van der Waals surface area contributed by atoms with Crippen LogP contribution in [0.25, 0.3) is 0 Å². The minimum absolute atomic E-state index is 0.0511. The van der Waals surface area contributed by atoms with Crippen molar-refractivity contribution in [3.8, 4) is 0 Å². The lowest BCUT2D eigenvalue weighted by Crippen LogP contribution is -2.28. The number of nitrogens with two attached hydrogens (primary N) is 1. The van der Waals surface area contributed by atoms with Crippen LogP contribution in [-0.4, -0.2) is 26.3 Å². The van der Waals surface area contributed by atoms with Gasteiger partial charge < -0.3 is 5.73 Å². The number of hydrogen-bond donors (Lipinski definition) is 1. The maximum absolute atomic E-state index is 12.8. The van der Waals surface area contributed by atoms with Crippen LogP contribution in [0.15, 0.2) is 23.1 Å². The van der Waals surface area contributed by atoms with Crippen LogP contribution in [-0.2, 0) is 10.0 Å². The molecule has 0 heterocycles. The monoisotopic (exact) mass is 246 g/mol. The highest BCUT2D eigenvalue weighted by Gasteiger charge is 2.22. The zero-order valence-corrected chi connectivity index (χ0v) is 10.1. The maximum atomic E-state index is 12.8. The molecule has 0 aliphatic carbocycles. The van der Waals surface area contributed by atoms with Gasteiger partial charge in [0, 0.05) is 13.6 Å². The minimum atomic E-state index is -3.61. The number of nitrogen functional groups attached to an aromatic ring is 1. The SMILES string of the molecule is CCCN(C)S(=O)(=O)c1ccc(F)cc1N. The fraction of sp³-hybridized carbons (Fsp3) is 0.400. The molecule has 0 aliphatic heterocycles. The number of sulfonamides is 1. The number of halogens is 1. The van der Waals surface area contributed by atoms with Crippen molar-refractivity contribution in [3.05, 3.63) is 24.0 Å². The van der Waals surface area contributed by atoms with E-state index in [0.29, 0.717) is 13.0 Å². The molecule has 0 aliphatic rings. The van der Waals surface area contributed by atoms with Gasteiger partial charge in [0.2, 0.25) is 10.0 Å². The van der Waals surface area contributed by atoms with Gasteiger partial charge in [-0.3, -0.25) is 0 Å². The lowest BCUT2D eigenvalue weighted by Gasteiger charge is -2.17. The third kappa shape index (κ3) is 2.51. The van der Waals surface area contributed by atoms with Crippen LogP contribution in [0.2, 0.25) is 0 Å². The number of benzene rings is 1. The average molecular weight is 246 g/mol. The van der Waals surface area contributed by atoms with Crippen LogP contribution < -0.4 is 5.73 Å². The molecule has 0 bridgehead atoms. The Morgan fingerprint density at radius 1 is 1.44 bits per heavy atom. The van der Waals surface area contributed by atoms with Gasteiger partial charge in [0.1, 0.15) is 10.7 Å². The molecule has 90 valence electrons. The Kier molecular flexibility index (Phi) is 3.88. The summed E-state index contributed by atoms with van der Waals surface area (Å²) in [4.78, 5) is -0.0511. The van der Waals surface area contributed by atoms with Gasteiger partial charge in [-0.05, 0) is 24.6 Å². The fourth-order valence-corrected chi connectivity index (χ4v) is 2.71. The quantitative estimate of drug-likeness (QED) is 0.818. The molecule has 0 aromatic heterocycles. The minimum Gasteiger partial charge on any atom is -0.398 e. The molecule has 6 heteroatoms. The van der Waals surface area contributed by atoms with Crippen LogP contribution in [0.4, 0.5) is 10.1 Å². The standard InChI is InChI=1S/C10H15FN2O2S/c1-3-6-13(2)16(14,15)10-5-4-8(11)7-9(10)12/h4-5,7H,3,6,12H2,1-2H3. The second-order valence-electron chi connectivity index (χ2n) is 3.51. The van der Waals surface area contributed by atoms with Gasteiger partial charge in [0.05, 0.1) is 5.69 Å². The van der Waals surface area contributed by atoms with E-state index in [1.165, 1.54) is 17.4 Å². The summed E-state index contributed by atoms with van der Waals surface area (Å²) in [7, 11) is -2.13. The molecule has 1 rings (SSSR count). The number of nitrogens with zero attached hydrogens (tertiary/aromatic N) is 1. The van der Waals surface area contributed by atoms with Crippen LogP contribution >= 0.6 is 0 Å². The van der Waals surface area contributed by atoms with Gasteiger partial charge in [0.25, 0.3) is 0 Å². The van der Waals surface area contributed by atoms with E-state index in [1.807, 2.05) is 6.92 Å². The highest BCUT2D eigenvalue weighted by molar-refractivity contribution is 7.89. The van der Waals surface area contributed by atoms with Crippen LogP contribution in [0.1, 0.15) is 13.3 Å². The predicted octanol–water partition coefficient (Wildman–Crippen LogP) is 1.44. The second-order valence-corrected chi connectivity index (χ2v) is 5.52. The largest absolute Gasteiger partial charge is 0.398 e. The maximum Gasteiger partial charge on any atom is 0.244 e. The van der Waals surface area contributed by atoms with E-state index < -0.39 is 15.8 Å². The topological polar surface area (TPSA) is 63.4 Å². The van der Waals surface area contributed by atoms with Crippen molar-refractivity contribution in [2.75, 3.05) is 19.3 Å². The Hall–Kier alpha value is -1.14. The van der Waals surface area contributed by atoms with Crippen LogP contribution in [0.3, 0.4) is 0 Å². The van der Waals surface area contributed by atoms with Crippen molar-refractivity contribution in [2.24, 2.45) is 0 Å². The molecule has 0 fully saturated rings. The molecule has 2 N–H and O–H groups in total. The number of rotatable bonds is 4. The Bertz CT molecular complexity index is 474. The summed E-state index contributed by atoms with van der Waals surface area (Å²) in [5.41, 5.74) is 5.43. The highest BCUT2D eigenvalue weighted by Crippen LogP contribution is 2.22. The molecule has 0 unspecified atom stereocenters. The summed E-state index contributed by atoms with van der Waals surface area (Å²) in [6.07, 6.45) is 0.705. The van der Waals surface area contributed by atoms with Gasteiger partial charge in [-0.25, -0.2) is 17.1 Å². The molecule has 0 radical (unpaired) electrons. The third-order valence-corrected chi connectivity index (χ3v) is 4.13. The first-order chi connectivity index (χ1) is 7.39. The number of hydrogen-bond acceptors (Lipinski definition) is 3. The lowest BCUT2D eigenvalue weighted by atomic mass is 10.3. The highest BCUT2D eigenvalue weighted by atomic mass is 32.2. The second kappa shape index (κ2) is 4.80. The average Bonchev–Trinajstić information content (AvgIpc) is 2.17. The summed E-state index contributed by atoms with van der Waals surface area (Å²) in [6, 6.07) is 3.28. The lowest BCUT2D eigenvalue weighted by molar-refractivity contribution is 0.468. The Morgan fingerprint density at radius 3 is 2.56 bits per heavy atom. The Balaban J connectivity index is 3.17. The zero-order chi connectivity index (χ0) is 12.3. The summed E-state index contributed by atoms with van der Waals surface area (Å²) in [5, 5.41) is 0. The van der Waals surface area contributed by atoms with E-state index in [4.69, 9.17) is 5.73 Å². The summed E-state index contributed by atoms with van der Waals surface area (Å²) < 4.78 is 38.0. The molecule has 0 spiro atoms. The van der Waals surface area contributed by atoms with Crippen molar-refractivity contribution in [3.63, 3.8) is 0 Å². The molecular weight excluding hydrogens is 231 g/mol. The van der Waals surface area contributed by atoms with Crippen LogP contribution in [0, 0.1) is 5.82 Å². The molecule has 16 heavy (non-hydrogen) atoms. The Morgan fingerprint density at radius 2 is 2.06 bits per heavy atom. The van der Waals surface area contributed by atoms with Gasteiger partial charge in [-0.1, -0.05) is 6.92 Å². The van der Waals surface area contributed by atoms with E-state index >= 15 is 0 Å². The van der Waals surface area contributed by atoms with Gasteiger partial charge in [-0.15, -0.1) is 0 Å². The first-order valence-electron chi connectivity index (χ1n) is 4.91. The van der Waals surface area contributed by atoms with Gasteiger partial charge >= 0.3 is 0 Å². The molecule has 1 aromatic carbocycles. The third-order valence-electron chi connectivity index (χ3n) is 2.20. The molecule has 0 saturated heterocycles. The normalized spacial score (nSPS) is 12.0. The van der Waals surface area contributed by atoms with E-state index in [1.54, 1.807) is 0 Å². The zero-order valence-electron chi connectivity index (χ0n) is 9.27. The first-order valence-corrected chi connectivity index (χ1v) is 6.35. The van der Waals surface area contributed by atoms with Crippen molar-refractivity contribution < 1.29 is 12.8 Å². The van der Waals surface area contributed by atoms with E-state index in [9.17, 15) is 12.8 Å². The van der Waals surface area contributed by atoms with Crippen LogP contribution in [0.5, 0.6) is 0 Å². The molecule has 1 aromatic rings. The molecular formula is C10H15FN2O2S. The summed E-state index contributed by atoms with van der Waals surface area (Å²) in [6.45, 7) is 2.28. The van der Waals surface area contributed by atoms with E-state index in [0.717, 1.165) is 12.1 Å². The molecule has 4 nitrogen and oxygen atoms in total. The molecule has 0 saturated carbocycles. The van der Waals surface area contributed by atoms with Gasteiger partial charge in [-0.2, -0.15) is 0 Å². The smallest absolute Gasteiger partial charge is 0.244 e. The molecule has 0 atom stereocenters.